The van der Waals surface area contributed by atoms with Gasteiger partial charge in [-0.25, -0.2) is 0 Å². The van der Waals surface area contributed by atoms with Gasteiger partial charge in [-0.05, 0) is 42.4 Å². The van der Waals surface area contributed by atoms with Crippen LogP contribution >= 0.6 is 0 Å². The molecule has 15 heteroatoms. The molecule has 1 N–H and O–H groups in total. The molecule has 2 heterocycles. The van der Waals surface area contributed by atoms with Gasteiger partial charge in [-0.3, -0.25) is 9.59 Å². The first kappa shape index (κ1) is 37.7. The number of carbonyl (C=O) groups excluding carboxylic acids is 4. The van der Waals surface area contributed by atoms with Crippen LogP contribution in [0.3, 0.4) is 0 Å². The molecule has 0 aliphatic carbocycles. The second-order valence-electron chi connectivity index (χ2n) is 12.2. The minimum atomic E-state index is -2.44. The highest BCUT2D eigenvalue weighted by Gasteiger charge is 2.53. The van der Waals surface area contributed by atoms with Crippen molar-refractivity contribution in [2.24, 2.45) is 22.9 Å². The Hall–Kier alpha value is -2.35. The zero-order valence-corrected chi connectivity index (χ0v) is 27.4. The SMILES string of the molecule is CC(=O)OCC1O[C@@H](O[Si](C)(C)C(C)(C)C(C)C)C(N=[N+]=[N-])[C@@H](C)[C@@H]1O[C@@H]1OC(C)[C@@H](O)[C@H](C)C1OC(C)=O.O=C=O. The van der Waals surface area contributed by atoms with Crippen LogP contribution in [-0.2, 0) is 47.3 Å². The molecule has 0 aromatic rings. The first-order valence-corrected chi connectivity index (χ1v) is 16.9. The first-order chi connectivity index (χ1) is 19.4. The van der Waals surface area contributed by atoms with Gasteiger partial charge in [0.25, 0.3) is 0 Å². The maximum Gasteiger partial charge on any atom is 0.373 e. The van der Waals surface area contributed by atoms with Gasteiger partial charge in [-0.1, -0.05) is 46.7 Å². The van der Waals surface area contributed by atoms with Crippen molar-refractivity contribution in [3.05, 3.63) is 10.4 Å². The van der Waals surface area contributed by atoms with E-state index in [4.69, 9.17) is 37.7 Å². The van der Waals surface area contributed by atoms with Crippen molar-refractivity contribution >= 4 is 26.4 Å². The van der Waals surface area contributed by atoms with E-state index in [9.17, 15) is 20.2 Å². The van der Waals surface area contributed by atoms with Gasteiger partial charge in [0.05, 0.1) is 24.4 Å². The number of aliphatic hydroxyl groups is 1. The lowest BCUT2D eigenvalue weighted by atomic mass is 9.88. The van der Waals surface area contributed by atoms with Gasteiger partial charge in [0.2, 0.25) is 0 Å². The predicted molar refractivity (Wildman–Crippen MR) is 150 cm³/mol. The largest absolute Gasteiger partial charge is 0.463 e. The molecule has 240 valence electrons. The molecule has 0 radical (unpaired) electrons. The highest BCUT2D eigenvalue weighted by Crippen LogP contribution is 2.46. The first-order valence-electron chi connectivity index (χ1n) is 14.0. The highest BCUT2D eigenvalue weighted by atomic mass is 28.4. The number of azide groups is 1. The summed E-state index contributed by atoms with van der Waals surface area (Å²) in [5.41, 5.74) is 9.43. The lowest BCUT2D eigenvalue weighted by Gasteiger charge is -2.50. The van der Waals surface area contributed by atoms with Crippen molar-refractivity contribution < 1.29 is 52.4 Å². The molecule has 0 aromatic heterocycles. The Morgan fingerprint density at radius 3 is 2.10 bits per heavy atom. The third-order valence-corrected chi connectivity index (χ3v) is 13.3. The predicted octanol–water partition coefficient (Wildman–Crippen LogP) is 3.72. The maximum absolute atomic E-state index is 11.9. The summed E-state index contributed by atoms with van der Waals surface area (Å²) >= 11 is 0. The number of aliphatic hydroxyl groups excluding tert-OH is 1. The van der Waals surface area contributed by atoms with Crippen LogP contribution < -0.4 is 0 Å². The van der Waals surface area contributed by atoms with E-state index in [0.29, 0.717) is 5.92 Å². The number of carbonyl (C=O) groups is 2. The van der Waals surface area contributed by atoms with Crippen LogP contribution in [0.25, 0.3) is 10.4 Å². The Balaban J connectivity index is 0.00000281. The Labute approximate surface area is 248 Å². The fourth-order valence-electron chi connectivity index (χ4n) is 4.97. The number of nitrogens with zero attached hydrogens (tertiary/aromatic N) is 3. The molecular weight excluding hydrogens is 570 g/mol. The zero-order chi connectivity index (χ0) is 32.6. The molecule has 14 nitrogen and oxygen atoms in total. The monoisotopic (exact) mass is 617 g/mol. The van der Waals surface area contributed by atoms with Gasteiger partial charge in [-0.15, -0.1) is 0 Å². The summed E-state index contributed by atoms with van der Waals surface area (Å²) in [6.07, 6.45) is -5.67. The fourth-order valence-corrected chi connectivity index (χ4v) is 7.44. The fraction of sp³-hybridized carbons (Fsp3) is 0.889. The molecule has 0 saturated carbocycles. The molecule has 2 rings (SSSR count). The smallest absolute Gasteiger partial charge is 0.373 e. The normalized spacial score (nSPS) is 33.4. The molecule has 0 aromatic carbocycles. The van der Waals surface area contributed by atoms with E-state index < -0.39 is 81.2 Å². The van der Waals surface area contributed by atoms with Crippen LogP contribution in [0, 0.1) is 17.8 Å². The van der Waals surface area contributed by atoms with Crippen LogP contribution in [0.5, 0.6) is 0 Å². The Morgan fingerprint density at radius 1 is 1.05 bits per heavy atom. The number of rotatable bonds is 10. The number of esters is 2. The van der Waals surface area contributed by atoms with Crippen LogP contribution in [0.4, 0.5) is 0 Å². The third kappa shape index (κ3) is 9.32. The third-order valence-electron chi connectivity index (χ3n) is 8.80. The van der Waals surface area contributed by atoms with Gasteiger partial charge >= 0.3 is 18.1 Å². The van der Waals surface area contributed by atoms with Crippen molar-refractivity contribution in [2.75, 3.05) is 6.61 Å². The Bertz CT molecular complexity index is 998. The molecule has 0 amide bonds. The second kappa shape index (κ2) is 15.9. The average molecular weight is 618 g/mol. The Morgan fingerprint density at radius 2 is 1.62 bits per heavy atom. The van der Waals surface area contributed by atoms with E-state index in [1.54, 1.807) is 13.8 Å². The summed E-state index contributed by atoms with van der Waals surface area (Å²) in [4.78, 5) is 42.9. The molecule has 2 fully saturated rings. The van der Waals surface area contributed by atoms with Crippen molar-refractivity contribution in [1.82, 2.24) is 0 Å². The highest BCUT2D eigenvalue weighted by molar-refractivity contribution is 6.74. The van der Waals surface area contributed by atoms with Crippen LogP contribution in [0.1, 0.15) is 62.3 Å². The number of ether oxygens (including phenoxy) is 5. The van der Waals surface area contributed by atoms with E-state index in [2.05, 4.69) is 50.8 Å². The minimum Gasteiger partial charge on any atom is -0.463 e. The quantitative estimate of drug-likeness (QED) is 0.123. The molecule has 2 aliphatic heterocycles. The van der Waals surface area contributed by atoms with Crippen molar-refractivity contribution in [3.8, 4) is 0 Å². The average Bonchev–Trinajstić information content (AvgIpc) is 2.87. The van der Waals surface area contributed by atoms with E-state index in [1.165, 1.54) is 13.8 Å². The lowest BCUT2D eigenvalue weighted by Crippen LogP contribution is -2.62. The number of hydrogen-bond donors (Lipinski definition) is 1. The molecule has 4 unspecified atom stereocenters. The summed E-state index contributed by atoms with van der Waals surface area (Å²) < 4.78 is 36.2. The second-order valence-corrected chi connectivity index (χ2v) is 16.8. The van der Waals surface area contributed by atoms with E-state index in [0.717, 1.165) is 0 Å². The molecule has 42 heavy (non-hydrogen) atoms. The molecule has 2 saturated heterocycles. The standard InChI is InChI=1S/C26H47N3O9Si.CO2/c1-13(2)26(8,9)39(10,11)38-24-20(28-29-27)14(3)22(19(36-24)12-33-17(6)30)37-25-23(35-18(7)31)15(4)21(32)16(5)34-25;2-1-3/h13-16,19-25,32H,12H2,1-11H3;/t14-,15+,16?,19?,20?,21+,22+,23?,24+,25+;/m1./s1. The van der Waals surface area contributed by atoms with Crippen LogP contribution in [-0.4, -0.2) is 87.3 Å². The van der Waals surface area contributed by atoms with Gasteiger partial charge in [0.1, 0.15) is 12.7 Å². The summed E-state index contributed by atoms with van der Waals surface area (Å²) in [6.45, 7) is 20.5. The van der Waals surface area contributed by atoms with Crippen molar-refractivity contribution in [2.45, 2.75) is 130 Å². The van der Waals surface area contributed by atoms with E-state index in [-0.39, 0.29) is 17.8 Å². The lowest BCUT2D eigenvalue weighted by molar-refractivity contribution is -0.327. The summed E-state index contributed by atoms with van der Waals surface area (Å²) in [7, 11) is -2.44. The molecule has 10 atom stereocenters. The maximum atomic E-state index is 11.9. The summed E-state index contributed by atoms with van der Waals surface area (Å²) in [5.74, 6) is -1.66. The minimum absolute atomic E-state index is 0.137. The van der Waals surface area contributed by atoms with Crippen molar-refractivity contribution in [3.63, 3.8) is 0 Å². The van der Waals surface area contributed by atoms with Crippen molar-refractivity contribution in [1.29, 1.82) is 0 Å². The van der Waals surface area contributed by atoms with Crippen LogP contribution in [0.2, 0.25) is 18.1 Å². The van der Waals surface area contributed by atoms with Gasteiger partial charge < -0.3 is 33.2 Å². The number of hydrogen-bond acceptors (Lipinski definition) is 12. The van der Waals surface area contributed by atoms with Gasteiger partial charge in [0.15, 0.2) is 27.0 Å². The zero-order valence-electron chi connectivity index (χ0n) is 26.4. The summed E-state index contributed by atoms with van der Waals surface area (Å²) in [5, 5.41) is 14.4. The summed E-state index contributed by atoms with van der Waals surface area (Å²) in [6, 6.07) is -0.764. The molecule has 0 spiro atoms. The van der Waals surface area contributed by atoms with Gasteiger partial charge in [-0.2, -0.15) is 9.59 Å². The van der Waals surface area contributed by atoms with Crippen LogP contribution in [0.15, 0.2) is 5.11 Å². The topological polar surface area (TPSA) is 193 Å². The van der Waals surface area contributed by atoms with Gasteiger partial charge in [0, 0.05) is 24.7 Å². The molecular formula is C27H47N3O11Si. The Kier molecular flexibility index (Phi) is 14.3. The molecule has 0 bridgehead atoms. The molecule has 2 aliphatic rings. The van der Waals surface area contributed by atoms with E-state index in [1.807, 2.05) is 6.92 Å². The van der Waals surface area contributed by atoms with E-state index >= 15 is 0 Å².